The second-order valence-corrected chi connectivity index (χ2v) is 10.8. The number of fused-ring (bicyclic) bond motifs is 1. The number of tetrazole rings is 1. The molecular formula is C28H40N6O. The third-order valence-electron chi connectivity index (χ3n) is 8.17. The van der Waals surface area contributed by atoms with E-state index < -0.39 is 0 Å². The quantitative estimate of drug-likeness (QED) is 0.431. The zero-order valence-corrected chi connectivity index (χ0v) is 21.4. The second-order valence-electron chi connectivity index (χ2n) is 10.8. The molecule has 2 aromatic heterocycles. The number of hydrogen-bond donors (Lipinski definition) is 1. The molecule has 35 heavy (non-hydrogen) atoms. The summed E-state index contributed by atoms with van der Waals surface area (Å²) >= 11 is 0. The van der Waals surface area contributed by atoms with E-state index in [0.717, 1.165) is 53.5 Å². The minimum Gasteiger partial charge on any atom is -0.322 e. The van der Waals surface area contributed by atoms with Crippen LogP contribution in [0.5, 0.6) is 0 Å². The monoisotopic (exact) mass is 476 g/mol. The van der Waals surface area contributed by atoms with E-state index in [9.17, 15) is 4.79 Å². The highest BCUT2D eigenvalue weighted by Crippen LogP contribution is 2.36. The van der Waals surface area contributed by atoms with Crippen LogP contribution >= 0.6 is 0 Å². The first-order valence-electron chi connectivity index (χ1n) is 13.8. The van der Waals surface area contributed by atoms with Crippen molar-refractivity contribution in [3.63, 3.8) is 0 Å². The molecule has 0 spiro atoms. The Hall–Kier alpha value is -2.54. The molecule has 0 amide bonds. The molecule has 1 atom stereocenters. The maximum atomic E-state index is 13.2. The number of aromatic amines is 1. The van der Waals surface area contributed by atoms with E-state index in [0.29, 0.717) is 18.6 Å². The van der Waals surface area contributed by atoms with Gasteiger partial charge in [0.2, 0.25) is 0 Å². The lowest BCUT2D eigenvalue weighted by molar-refractivity contribution is 0.0789. The SMILES string of the molecule is CCCC(c1nnnn1C1CCCCC1)N(Cc1cc2ccc(C)cc2[nH]c1=O)C1CCCCC1. The standard InChI is InChI=1S/C28H40N6O/c1-3-10-26(27-30-31-32-34(27)24-13-8-5-9-14-24)33(23-11-6-4-7-12-23)19-22-18-21-16-15-20(2)17-25(21)29-28(22)35/h15-18,23-24,26H,3-14,19H2,1-2H3,(H,29,35). The molecule has 7 nitrogen and oxygen atoms in total. The van der Waals surface area contributed by atoms with Crippen molar-refractivity contribution < 1.29 is 0 Å². The Balaban J connectivity index is 1.52. The molecule has 5 rings (SSSR count). The summed E-state index contributed by atoms with van der Waals surface area (Å²) in [6.45, 7) is 4.93. The molecule has 2 saturated carbocycles. The van der Waals surface area contributed by atoms with Gasteiger partial charge in [-0.1, -0.05) is 64.0 Å². The molecule has 2 fully saturated rings. The molecule has 1 unspecified atom stereocenters. The molecule has 0 radical (unpaired) electrons. The minimum atomic E-state index is 0.0195. The number of aromatic nitrogens is 5. The van der Waals surface area contributed by atoms with Gasteiger partial charge in [-0.15, -0.1) is 5.10 Å². The number of pyridine rings is 1. The van der Waals surface area contributed by atoms with E-state index >= 15 is 0 Å². The largest absolute Gasteiger partial charge is 0.322 e. The normalized spacial score (nSPS) is 18.9. The molecule has 7 heteroatoms. The van der Waals surface area contributed by atoms with Crippen LogP contribution in [0.15, 0.2) is 29.1 Å². The third kappa shape index (κ3) is 5.35. The highest BCUT2D eigenvalue weighted by molar-refractivity contribution is 5.79. The topological polar surface area (TPSA) is 79.7 Å². The van der Waals surface area contributed by atoms with Crippen molar-refractivity contribution in [3.8, 4) is 0 Å². The number of benzene rings is 1. The first-order chi connectivity index (χ1) is 17.1. The molecule has 3 aromatic rings. The highest BCUT2D eigenvalue weighted by Gasteiger charge is 2.34. The average Bonchev–Trinajstić information content (AvgIpc) is 3.37. The number of aryl methyl sites for hydroxylation is 1. The average molecular weight is 477 g/mol. The summed E-state index contributed by atoms with van der Waals surface area (Å²) in [4.78, 5) is 18.9. The second kappa shape index (κ2) is 11.0. The van der Waals surface area contributed by atoms with Gasteiger partial charge >= 0.3 is 0 Å². The predicted octanol–water partition coefficient (Wildman–Crippen LogP) is 6.00. The van der Waals surface area contributed by atoms with Gasteiger partial charge in [0.25, 0.3) is 5.56 Å². The lowest BCUT2D eigenvalue weighted by Gasteiger charge is -2.40. The lowest BCUT2D eigenvalue weighted by atomic mass is 9.91. The maximum absolute atomic E-state index is 13.2. The van der Waals surface area contributed by atoms with Crippen molar-refractivity contribution in [1.82, 2.24) is 30.1 Å². The fourth-order valence-corrected chi connectivity index (χ4v) is 6.30. The van der Waals surface area contributed by atoms with Gasteiger partial charge in [0, 0.05) is 23.7 Å². The molecule has 2 aliphatic rings. The first kappa shape index (κ1) is 24.2. The fourth-order valence-electron chi connectivity index (χ4n) is 6.30. The molecule has 0 bridgehead atoms. The van der Waals surface area contributed by atoms with Crippen LogP contribution in [0.25, 0.3) is 10.9 Å². The Bertz CT molecular complexity index is 1170. The summed E-state index contributed by atoms with van der Waals surface area (Å²) in [7, 11) is 0. The van der Waals surface area contributed by atoms with Crippen LogP contribution in [0, 0.1) is 6.92 Å². The van der Waals surface area contributed by atoms with Crippen LogP contribution in [0.3, 0.4) is 0 Å². The van der Waals surface area contributed by atoms with Gasteiger partial charge < -0.3 is 4.98 Å². The van der Waals surface area contributed by atoms with E-state index in [4.69, 9.17) is 0 Å². The fraction of sp³-hybridized carbons (Fsp3) is 0.643. The van der Waals surface area contributed by atoms with Crippen molar-refractivity contribution in [2.45, 2.75) is 116 Å². The zero-order valence-electron chi connectivity index (χ0n) is 21.4. The van der Waals surface area contributed by atoms with E-state index in [-0.39, 0.29) is 11.6 Å². The number of hydrogen-bond acceptors (Lipinski definition) is 5. The summed E-state index contributed by atoms with van der Waals surface area (Å²) in [5.41, 5.74) is 2.92. The summed E-state index contributed by atoms with van der Waals surface area (Å²) in [6.07, 6.45) is 14.3. The Kier molecular flexibility index (Phi) is 7.61. The number of nitrogens with one attached hydrogen (secondary N) is 1. The molecular weight excluding hydrogens is 436 g/mol. The Morgan fingerprint density at radius 1 is 1.06 bits per heavy atom. The van der Waals surface area contributed by atoms with Gasteiger partial charge in [-0.25, -0.2) is 4.68 Å². The van der Waals surface area contributed by atoms with Crippen molar-refractivity contribution in [2.75, 3.05) is 0 Å². The first-order valence-corrected chi connectivity index (χ1v) is 13.8. The Morgan fingerprint density at radius 2 is 1.80 bits per heavy atom. The molecule has 0 saturated heterocycles. The van der Waals surface area contributed by atoms with Gasteiger partial charge in [0.15, 0.2) is 5.82 Å². The molecule has 1 aromatic carbocycles. The van der Waals surface area contributed by atoms with Gasteiger partial charge in [-0.3, -0.25) is 9.69 Å². The lowest BCUT2D eigenvalue weighted by Crippen LogP contribution is -2.41. The third-order valence-corrected chi connectivity index (χ3v) is 8.17. The van der Waals surface area contributed by atoms with Crippen molar-refractivity contribution >= 4 is 10.9 Å². The zero-order chi connectivity index (χ0) is 24.2. The summed E-state index contributed by atoms with van der Waals surface area (Å²) in [5, 5.41) is 14.4. The van der Waals surface area contributed by atoms with E-state index in [1.54, 1.807) is 0 Å². The minimum absolute atomic E-state index is 0.0195. The Labute approximate surface area is 208 Å². The van der Waals surface area contributed by atoms with Gasteiger partial charge in [0.1, 0.15) is 0 Å². The van der Waals surface area contributed by atoms with Gasteiger partial charge in [0.05, 0.1) is 12.1 Å². The number of rotatable bonds is 8. The molecule has 2 heterocycles. The van der Waals surface area contributed by atoms with Crippen LogP contribution < -0.4 is 5.56 Å². The predicted molar refractivity (Wildman–Crippen MR) is 139 cm³/mol. The molecule has 0 aliphatic heterocycles. The Morgan fingerprint density at radius 3 is 2.54 bits per heavy atom. The van der Waals surface area contributed by atoms with Crippen LogP contribution in [-0.2, 0) is 6.54 Å². The highest BCUT2D eigenvalue weighted by atomic mass is 16.1. The van der Waals surface area contributed by atoms with Crippen LogP contribution in [-0.4, -0.2) is 36.1 Å². The van der Waals surface area contributed by atoms with Crippen molar-refractivity contribution in [2.24, 2.45) is 0 Å². The smallest absolute Gasteiger partial charge is 0.252 e. The summed E-state index contributed by atoms with van der Waals surface area (Å²) in [6, 6.07) is 9.34. The van der Waals surface area contributed by atoms with Crippen LogP contribution in [0.2, 0.25) is 0 Å². The van der Waals surface area contributed by atoms with Crippen molar-refractivity contribution in [3.05, 3.63) is 51.6 Å². The molecule has 2 aliphatic carbocycles. The van der Waals surface area contributed by atoms with E-state index in [1.165, 1.54) is 51.4 Å². The van der Waals surface area contributed by atoms with E-state index in [1.807, 2.05) is 0 Å². The molecule has 1 N–H and O–H groups in total. The summed E-state index contributed by atoms with van der Waals surface area (Å²) in [5.74, 6) is 0.997. The van der Waals surface area contributed by atoms with Gasteiger partial charge in [-0.05, 0) is 72.5 Å². The van der Waals surface area contributed by atoms with Crippen LogP contribution in [0.4, 0.5) is 0 Å². The van der Waals surface area contributed by atoms with Crippen LogP contribution in [0.1, 0.15) is 113 Å². The summed E-state index contributed by atoms with van der Waals surface area (Å²) < 4.78 is 2.14. The maximum Gasteiger partial charge on any atom is 0.252 e. The number of H-pyrrole nitrogens is 1. The van der Waals surface area contributed by atoms with E-state index in [2.05, 4.69) is 68.2 Å². The van der Waals surface area contributed by atoms with Gasteiger partial charge in [-0.2, -0.15) is 0 Å². The number of nitrogens with zero attached hydrogens (tertiary/aromatic N) is 5. The molecule has 188 valence electrons. The van der Waals surface area contributed by atoms with Crippen molar-refractivity contribution in [1.29, 1.82) is 0 Å².